The lowest BCUT2D eigenvalue weighted by Gasteiger charge is -2.34. The van der Waals surface area contributed by atoms with E-state index in [0.29, 0.717) is 17.4 Å². The first-order valence-electron chi connectivity index (χ1n) is 7.80. The Kier molecular flexibility index (Phi) is 6.78. The predicted molar refractivity (Wildman–Crippen MR) is 82.3 cm³/mol. The van der Waals surface area contributed by atoms with Gasteiger partial charge in [0, 0.05) is 26.2 Å². The lowest BCUT2D eigenvalue weighted by Crippen LogP contribution is -2.42. The fourth-order valence-electron chi connectivity index (χ4n) is 2.97. The second kappa shape index (κ2) is 7.61. The van der Waals surface area contributed by atoms with Gasteiger partial charge in [-0.15, -0.1) is 0 Å². The molecule has 0 bridgehead atoms. The van der Waals surface area contributed by atoms with Crippen LogP contribution in [0.15, 0.2) is 0 Å². The van der Waals surface area contributed by atoms with E-state index in [1.807, 2.05) is 0 Å². The Morgan fingerprint density at radius 1 is 1.32 bits per heavy atom. The molecule has 1 fully saturated rings. The smallest absolute Gasteiger partial charge is 0.0589 e. The van der Waals surface area contributed by atoms with Crippen molar-refractivity contribution in [2.45, 2.75) is 53.0 Å². The molecule has 0 radical (unpaired) electrons. The van der Waals surface area contributed by atoms with Crippen molar-refractivity contribution in [3.8, 4) is 0 Å². The summed E-state index contributed by atoms with van der Waals surface area (Å²) >= 11 is 0. The van der Waals surface area contributed by atoms with Gasteiger partial charge in [0.1, 0.15) is 0 Å². The van der Waals surface area contributed by atoms with Crippen LogP contribution in [0.25, 0.3) is 0 Å². The van der Waals surface area contributed by atoms with Crippen LogP contribution in [0.4, 0.5) is 0 Å². The zero-order valence-corrected chi connectivity index (χ0v) is 13.6. The molecule has 114 valence electrons. The largest absolute Gasteiger partial charge is 0.383 e. The number of ether oxygens (including phenoxy) is 1. The number of methoxy groups -OCH3 is 1. The van der Waals surface area contributed by atoms with Crippen molar-refractivity contribution in [1.82, 2.24) is 4.90 Å². The van der Waals surface area contributed by atoms with Crippen LogP contribution in [0.2, 0.25) is 0 Å². The highest BCUT2D eigenvalue weighted by molar-refractivity contribution is 4.86. The molecule has 0 aromatic carbocycles. The van der Waals surface area contributed by atoms with Crippen LogP contribution in [0.3, 0.4) is 0 Å². The number of nitrogens with two attached hydrogens (primary N) is 1. The van der Waals surface area contributed by atoms with Gasteiger partial charge in [-0.25, -0.2) is 0 Å². The van der Waals surface area contributed by atoms with Crippen molar-refractivity contribution < 1.29 is 4.74 Å². The van der Waals surface area contributed by atoms with E-state index >= 15 is 0 Å². The Bertz CT molecular complexity index is 246. The third kappa shape index (κ3) is 6.73. The van der Waals surface area contributed by atoms with Crippen molar-refractivity contribution in [2.75, 3.05) is 33.4 Å². The van der Waals surface area contributed by atoms with Gasteiger partial charge in [-0.2, -0.15) is 0 Å². The van der Waals surface area contributed by atoms with E-state index < -0.39 is 0 Å². The number of hydrogen-bond donors (Lipinski definition) is 1. The summed E-state index contributed by atoms with van der Waals surface area (Å²) in [7, 11) is 1.79. The van der Waals surface area contributed by atoms with E-state index in [1.165, 1.54) is 19.3 Å². The molecule has 0 heterocycles. The van der Waals surface area contributed by atoms with Crippen LogP contribution in [0.5, 0.6) is 0 Å². The Hall–Kier alpha value is -0.120. The molecule has 3 nitrogen and oxygen atoms in total. The Morgan fingerprint density at radius 2 is 1.95 bits per heavy atom. The van der Waals surface area contributed by atoms with Crippen molar-refractivity contribution in [1.29, 1.82) is 0 Å². The molecule has 1 aliphatic carbocycles. The summed E-state index contributed by atoms with van der Waals surface area (Å²) in [6.07, 6.45) is 4.00. The number of nitrogens with zero attached hydrogens (tertiary/aromatic N) is 1. The molecule has 0 saturated heterocycles. The summed E-state index contributed by atoms with van der Waals surface area (Å²) in [4.78, 5) is 2.60. The van der Waals surface area contributed by atoms with Gasteiger partial charge in [-0.05, 0) is 50.0 Å². The third-order valence-corrected chi connectivity index (χ3v) is 4.19. The highest BCUT2D eigenvalue weighted by Crippen LogP contribution is 2.35. The summed E-state index contributed by atoms with van der Waals surface area (Å²) in [5.74, 6) is 1.50. The van der Waals surface area contributed by atoms with Crippen molar-refractivity contribution in [3.05, 3.63) is 0 Å². The molecule has 1 saturated carbocycles. The number of hydrogen-bond acceptors (Lipinski definition) is 3. The van der Waals surface area contributed by atoms with Crippen molar-refractivity contribution in [3.63, 3.8) is 0 Å². The monoisotopic (exact) mass is 270 g/mol. The molecule has 0 spiro atoms. The Morgan fingerprint density at radius 3 is 2.37 bits per heavy atom. The molecule has 2 N–H and O–H groups in total. The average Bonchev–Trinajstić information content (AvgIpc) is 3.14. The van der Waals surface area contributed by atoms with E-state index in [0.717, 1.165) is 32.2 Å². The summed E-state index contributed by atoms with van der Waals surface area (Å²) < 4.78 is 5.27. The van der Waals surface area contributed by atoms with E-state index in [-0.39, 0.29) is 0 Å². The highest BCUT2D eigenvalue weighted by Gasteiger charge is 2.33. The fourth-order valence-corrected chi connectivity index (χ4v) is 2.97. The van der Waals surface area contributed by atoms with Gasteiger partial charge in [0.25, 0.3) is 0 Å². The molecule has 0 aromatic rings. The van der Waals surface area contributed by atoms with Crippen molar-refractivity contribution in [2.24, 2.45) is 23.0 Å². The normalized spacial score (nSPS) is 19.7. The van der Waals surface area contributed by atoms with Gasteiger partial charge in [0.05, 0.1) is 6.61 Å². The van der Waals surface area contributed by atoms with E-state index in [4.69, 9.17) is 10.5 Å². The minimum Gasteiger partial charge on any atom is -0.383 e. The second-order valence-electron chi connectivity index (χ2n) is 7.43. The average molecular weight is 270 g/mol. The Labute approximate surface area is 119 Å². The molecule has 19 heavy (non-hydrogen) atoms. The maximum atomic E-state index is 5.99. The summed E-state index contributed by atoms with van der Waals surface area (Å²) in [5.41, 5.74) is 6.35. The van der Waals surface area contributed by atoms with Gasteiger partial charge >= 0.3 is 0 Å². The Balaban J connectivity index is 2.52. The van der Waals surface area contributed by atoms with E-state index in [2.05, 4.69) is 32.6 Å². The predicted octanol–water partition coefficient (Wildman–Crippen LogP) is 2.74. The molecule has 0 aromatic heterocycles. The van der Waals surface area contributed by atoms with Crippen molar-refractivity contribution >= 4 is 0 Å². The molecule has 0 amide bonds. The molecule has 0 aliphatic heterocycles. The maximum absolute atomic E-state index is 5.99. The zero-order valence-electron chi connectivity index (χ0n) is 13.6. The van der Waals surface area contributed by atoms with Gasteiger partial charge < -0.3 is 10.5 Å². The van der Waals surface area contributed by atoms with Crippen LogP contribution in [0.1, 0.15) is 47.0 Å². The highest BCUT2D eigenvalue weighted by atomic mass is 16.5. The lowest BCUT2D eigenvalue weighted by molar-refractivity contribution is 0.0959. The molecule has 2 unspecified atom stereocenters. The topological polar surface area (TPSA) is 38.5 Å². The van der Waals surface area contributed by atoms with Crippen LogP contribution in [0, 0.1) is 17.3 Å². The second-order valence-corrected chi connectivity index (χ2v) is 7.43. The van der Waals surface area contributed by atoms with Crippen LogP contribution in [-0.4, -0.2) is 44.3 Å². The molecular formula is C16H34N2O. The molecular weight excluding hydrogens is 236 g/mol. The maximum Gasteiger partial charge on any atom is 0.0589 e. The minimum atomic E-state index is 0.361. The molecule has 3 heteroatoms. The van der Waals surface area contributed by atoms with E-state index in [1.54, 1.807) is 7.11 Å². The molecule has 1 rings (SSSR count). The van der Waals surface area contributed by atoms with Crippen LogP contribution in [-0.2, 0) is 4.74 Å². The van der Waals surface area contributed by atoms with Gasteiger partial charge in [-0.3, -0.25) is 4.90 Å². The summed E-state index contributed by atoms with van der Waals surface area (Å²) in [6.45, 7) is 13.1. The van der Waals surface area contributed by atoms with E-state index in [9.17, 15) is 0 Å². The number of rotatable bonds is 9. The first-order chi connectivity index (χ1) is 8.87. The molecule has 1 aliphatic rings. The van der Waals surface area contributed by atoms with Gasteiger partial charge in [0.15, 0.2) is 0 Å². The lowest BCUT2D eigenvalue weighted by atomic mass is 9.84. The SMILES string of the molecule is COCCN(CC(CN)CC(C)(C)C)C(C)C1CC1. The quantitative estimate of drug-likeness (QED) is 0.700. The fraction of sp³-hybridized carbons (Fsp3) is 1.00. The first kappa shape index (κ1) is 16.9. The summed E-state index contributed by atoms with van der Waals surface area (Å²) in [5, 5.41) is 0. The van der Waals surface area contributed by atoms with Gasteiger partial charge in [0.2, 0.25) is 0 Å². The molecule has 2 atom stereocenters. The standard InChI is InChI=1S/C16H34N2O/c1-13(15-6-7-15)18(8-9-19-5)12-14(11-17)10-16(2,3)4/h13-15H,6-12,17H2,1-5H3. The third-order valence-electron chi connectivity index (χ3n) is 4.19. The first-order valence-corrected chi connectivity index (χ1v) is 7.80. The van der Waals surface area contributed by atoms with Gasteiger partial charge in [-0.1, -0.05) is 20.8 Å². The van der Waals surface area contributed by atoms with Crippen LogP contribution < -0.4 is 5.73 Å². The summed E-state index contributed by atoms with van der Waals surface area (Å²) in [6, 6.07) is 0.684. The van der Waals surface area contributed by atoms with Crippen LogP contribution >= 0.6 is 0 Å². The zero-order chi connectivity index (χ0) is 14.5. The minimum absolute atomic E-state index is 0.361.